The average Bonchev–Trinajstić information content (AvgIpc) is 2.59. The molecule has 0 aliphatic rings. The van der Waals surface area contributed by atoms with Gasteiger partial charge in [-0.3, -0.25) is 14.9 Å². The van der Waals surface area contributed by atoms with Crippen LogP contribution in [0.25, 0.3) is 0 Å². The monoisotopic (exact) mass is 343 g/mol. The van der Waals surface area contributed by atoms with Crippen molar-refractivity contribution >= 4 is 17.3 Å². The second-order valence-corrected chi connectivity index (χ2v) is 5.91. The maximum Gasteiger partial charge on any atom is 0.293 e. The Morgan fingerprint density at radius 2 is 1.88 bits per heavy atom. The number of aliphatic hydroxyl groups excluding tert-OH is 1. The molecule has 2 rings (SSSR count). The van der Waals surface area contributed by atoms with Crippen LogP contribution in [0.15, 0.2) is 48.5 Å². The molecule has 1 unspecified atom stereocenters. The van der Waals surface area contributed by atoms with Crippen LogP contribution in [0.5, 0.6) is 0 Å². The van der Waals surface area contributed by atoms with E-state index in [1.807, 2.05) is 44.2 Å². The van der Waals surface area contributed by atoms with Crippen LogP contribution in [-0.4, -0.2) is 28.6 Å². The maximum atomic E-state index is 12.0. The normalized spacial score (nSPS) is 11.8. The number of aliphatic hydroxyl groups is 1. The second-order valence-electron chi connectivity index (χ2n) is 5.91. The van der Waals surface area contributed by atoms with E-state index in [0.717, 1.165) is 5.56 Å². The number of anilines is 1. The summed E-state index contributed by atoms with van der Waals surface area (Å²) < 4.78 is 0. The fraction of sp³-hybridized carbons (Fsp3) is 0.278. The van der Waals surface area contributed by atoms with Gasteiger partial charge in [-0.2, -0.15) is 0 Å². The second kappa shape index (κ2) is 8.25. The lowest BCUT2D eigenvalue weighted by atomic mass is 10.1. The summed E-state index contributed by atoms with van der Waals surface area (Å²) in [5, 5.41) is 26.7. The van der Waals surface area contributed by atoms with E-state index in [4.69, 9.17) is 0 Å². The first kappa shape index (κ1) is 18.4. The van der Waals surface area contributed by atoms with E-state index in [1.54, 1.807) is 0 Å². The Kier molecular flexibility index (Phi) is 6.08. The van der Waals surface area contributed by atoms with Gasteiger partial charge < -0.3 is 15.7 Å². The predicted molar refractivity (Wildman–Crippen MR) is 95.6 cm³/mol. The van der Waals surface area contributed by atoms with E-state index in [2.05, 4.69) is 10.6 Å². The van der Waals surface area contributed by atoms with Gasteiger partial charge in [0.25, 0.3) is 11.6 Å². The lowest BCUT2D eigenvalue weighted by Gasteiger charge is -2.18. The lowest BCUT2D eigenvalue weighted by Crippen LogP contribution is -2.30. The number of amides is 1. The van der Waals surface area contributed by atoms with Crippen molar-refractivity contribution in [1.82, 2.24) is 5.32 Å². The van der Waals surface area contributed by atoms with Crippen molar-refractivity contribution in [3.05, 3.63) is 69.8 Å². The van der Waals surface area contributed by atoms with Crippen molar-refractivity contribution in [1.29, 1.82) is 0 Å². The zero-order valence-corrected chi connectivity index (χ0v) is 14.1. The van der Waals surface area contributed by atoms with Gasteiger partial charge in [-0.25, -0.2) is 0 Å². The van der Waals surface area contributed by atoms with Gasteiger partial charge in [0.15, 0.2) is 0 Å². The van der Waals surface area contributed by atoms with Crippen LogP contribution >= 0.6 is 0 Å². The highest BCUT2D eigenvalue weighted by molar-refractivity contribution is 5.95. The van der Waals surface area contributed by atoms with Crippen molar-refractivity contribution in [2.45, 2.75) is 25.9 Å². The number of hydrogen-bond acceptors (Lipinski definition) is 5. The molecular formula is C18H21N3O4. The molecule has 1 amide bonds. The molecule has 2 aromatic carbocycles. The van der Waals surface area contributed by atoms with Gasteiger partial charge in [-0.1, -0.05) is 30.3 Å². The highest BCUT2D eigenvalue weighted by Gasteiger charge is 2.20. The van der Waals surface area contributed by atoms with Gasteiger partial charge in [0.2, 0.25) is 0 Å². The summed E-state index contributed by atoms with van der Waals surface area (Å²) in [6.07, 6.45) is 0. The molecule has 0 fully saturated rings. The third kappa shape index (κ3) is 4.77. The number of carbonyl (C=O) groups excluding carboxylic acids is 1. The number of nitro groups is 1. The molecule has 1 atom stereocenters. The third-order valence-electron chi connectivity index (χ3n) is 3.59. The Labute approximate surface area is 145 Å². The molecule has 0 spiro atoms. The highest BCUT2D eigenvalue weighted by Crippen LogP contribution is 2.29. The minimum atomic E-state index is -0.548. The first-order chi connectivity index (χ1) is 11.9. The van der Waals surface area contributed by atoms with Crippen LogP contribution in [0.1, 0.15) is 35.8 Å². The summed E-state index contributed by atoms with van der Waals surface area (Å²) in [5.74, 6) is -0.369. The molecule has 7 nitrogen and oxygen atoms in total. The molecule has 0 saturated carbocycles. The van der Waals surface area contributed by atoms with Crippen molar-refractivity contribution < 1.29 is 14.8 Å². The van der Waals surface area contributed by atoms with Gasteiger partial charge in [0, 0.05) is 17.7 Å². The number of hydrogen-bond donors (Lipinski definition) is 3. The molecular weight excluding hydrogens is 322 g/mol. The zero-order valence-electron chi connectivity index (χ0n) is 14.1. The van der Waals surface area contributed by atoms with E-state index in [0.29, 0.717) is 0 Å². The number of nitrogens with one attached hydrogen (secondary N) is 2. The summed E-state index contributed by atoms with van der Waals surface area (Å²) in [6.45, 7) is 3.40. The van der Waals surface area contributed by atoms with E-state index in [9.17, 15) is 20.0 Å². The number of nitrogens with zero attached hydrogens (tertiary/aromatic N) is 1. The fourth-order valence-corrected chi connectivity index (χ4v) is 2.40. The van der Waals surface area contributed by atoms with Crippen molar-refractivity contribution in [3.63, 3.8) is 0 Å². The molecule has 0 bridgehead atoms. The average molecular weight is 343 g/mol. The maximum absolute atomic E-state index is 12.0. The summed E-state index contributed by atoms with van der Waals surface area (Å²) in [6, 6.07) is 12.8. The van der Waals surface area contributed by atoms with Gasteiger partial charge in [0.1, 0.15) is 5.69 Å². The Bertz CT molecular complexity index is 747. The van der Waals surface area contributed by atoms with E-state index < -0.39 is 11.0 Å². The third-order valence-corrected chi connectivity index (χ3v) is 3.59. The molecule has 0 aromatic heterocycles. The Hall–Kier alpha value is -2.93. The molecule has 0 saturated heterocycles. The molecule has 2 aromatic rings. The van der Waals surface area contributed by atoms with Crippen molar-refractivity contribution in [2.75, 3.05) is 11.9 Å². The Morgan fingerprint density at radius 3 is 2.44 bits per heavy atom. The highest BCUT2D eigenvalue weighted by atomic mass is 16.6. The van der Waals surface area contributed by atoms with Crippen LogP contribution in [0.2, 0.25) is 0 Å². The SMILES string of the molecule is CC(C)NC(=O)c1ccc(NC(CO)c2ccccc2)c([N+](=O)[O-])c1. The molecule has 3 N–H and O–H groups in total. The fourth-order valence-electron chi connectivity index (χ4n) is 2.40. The van der Waals surface area contributed by atoms with Crippen molar-refractivity contribution in [2.24, 2.45) is 0 Å². The van der Waals surface area contributed by atoms with Crippen LogP contribution < -0.4 is 10.6 Å². The Morgan fingerprint density at radius 1 is 1.20 bits per heavy atom. The first-order valence-corrected chi connectivity index (χ1v) is 7.94. The summed E-state index contributed by atoms with van der Waals surface area (Å²) >= 11 is 0. The summed E-state index contributed by atoms with van der Waals surface area (Å²) in [5.41, 5.74) is 1.05. The van der Waals surface area contributed by atoms with Crippen LogP contribution in [0, 0.1) is 10.1 Å². The minimum absolute atomic E-state index is 0.0683. The van der Waals surface area contributed by atoms with Gasteiger partial charge >= 0.3 is 0 Å². The topological polar surface area (TPSA) is 104 Å². The lowest BCUT2D eigenvalue weighted by molar-refractivity contribution is -0.384. The van der Waals surface area contributed by atoms with Crippen molar-refractivity contribution in [3.8, 4) is 0 Å². The summed E-state index contributed by atoms with van der Waals surface area (Å²) in [7, 11) is 0. The number of carbonyl (C=O) groups is 1. The molecule has 0 aliphatic carbocycles. The molecule has 132 valence electrons. The zero-order chi connectivity index (χ0) is 18.4. The van der Waals surface area contributed by atoms with E-state index in [1.165, 1.54) is 18.2 Å². The largest absolute Gasteiger partial charge is 0.394 e. The standard InChI is InChI=1S/C18H21N3O4/c1-12(2)19-18(23)14-8-9-15(17(10-14)21(24)25)20-16(11-22)13-6-4-3-5-7-13/h3-10,12,16,20,22H,11H2,1-2H3,(H,19,23). The Balaban J connectivity index is 2.31. The van der Waals surface area contributed by atoms with E-state index >= 15 is 0 Å². The van der Waals surface area contributed by atoms with Gasteiger partial charge in [-0.15, -0.1) is 0 Å². The first-order valence-electron chi connectivity index (χ1n) is 7.94. The minimum Gasteiger partial charge on any atom is -0.394 e. The molecule has 25 heavy (non-hydrogen) atoms. The van der Waals surface area contributed by atoms with Gasteiger partial charge in [-0.05, 0) is 31.5 Å². The molecule has 0 aliphatic heterocycles. The predicted octanol–water partition coefficient (Wildman–Crippen LogP) is 2.88. The van der Waals surface area contributed by atoms with Crippen LogP contribution in [-0.2, 0) is 0 Å². The molecule has 0 radical (unpaired) electrons. The number of rotatable bonds is 7. The van der Waals surface area contributed by atoms with Crippen LogP contribution in [0.3, 0.4) is 0 Å². The van der Waals surface area contributed by atoms with Crippen LogP contribution in [0.4, 0.5) is 11.4 Å². The number of nitro benzene ring substituents is 1. The van der Waals surface area contributed by atoms with E-state index in [-0.39, 0.29) is 35.5 Å². The summed E-state index contributed by atoms with van der Waals surface area (Å²) in [4.78, 5) is 22.9. The molecule has 0 heterocycles. The number of benzene rings is 2. The molecule has 7 heteroatoms. The smallest absolute Gasteiger partial charge is 0.293 e. The van der Waals surface area contributed by atoms with Gasteiger partial charge in [0.05, 0.1) is 17.6 Å². The quantitative estimate of drug-likeness (QED) is 0.530.